The third-order valence-electron chi connectivity index (χ3n) is 3.82. The van der Waals surface area contributed by atoms with E-state index in [9.17, 15) is 15.0 Å². The molecule has 0 spiro atoms. The van der Waals surface area contributed by atoms with E-state index in [0.717, 1.165) is 21.9 Å². The van der Waals surface area contributed by atoms with Crippen LogP contribution in [0, 0.1) is 0 Å². The second-order valence-electron chi connectivity index (χ2n) is 5.28. The van der Waals surface area contributed by atoms with Gasteiger partial charge in [0, 0.05) is 5.56 Å². The van der Waals surface area contributed by atoms with E-state index in [4.69, 9.17) is 0 Å². The van der Waals surface area contributed by atoms with Gasteiger partial charge < -0.3 is 10.2 Å². The molecule has 3 heteroatoms. The lowest BCUT2D eigenvalue weighted by Crippen LogP contribution is -2.07. The van der Waals surface area contributed by atoms with Crippen LogP contribution < -0.4 is 0 Å². The highest BCUT2D eigenvalue weighted by molar-refractivity contribution is 6.05. The van der Waals surface area contributed by atoms with Crippen molar-refractivity contribution in [1.29, 1.82) is 0 Å². The van der Waals surface area contributed by atoms with Gasteiger partial charge in [-0.2, -0.15) is 0 Å². The summed E-state index contributed by atoms with van der Waals surface area (Å²) >= 11 is 0. The monoisotopic (exact) mass is 292 g/mol. The molecule has 0 saturated carbocycles. The van der Waals surface area contributed by atoms with Crippen molar-refractivity contribution >= 4 is 16.7 Å². The molecular weight excluding hydrogens is 276 g/mol. The molecular formula is C19H16O3. The Morgan fingerprint density at radius 1 is 0.955 bits per heavy atom. The van der Waals surface area contributed by atoms with Gasteiger partial charge in [0.25, 0.3) is 0 Å². The number of rotatable bonds is 3. The third kappa shape index (κ3) is 2.36. The quantitative estimate of drug-likeness (QED) is 0.758. The molecule has 3 rings (SSSR count). The van der Waals surface area contributed by atoms with E-state index in [0.29, 0.717) is 5.56 Å². The summed E-state index contributed by atoms with van der Waals surface area (Å²) in [5.41, 5.74) is 2.42. The molecule has 22 heavy (non-hydrogen) atoms. The fourth-order valence-electron chi connectivity index (χ4n) is 2.88. The van der Waals surface area contributed by atoms with Crippen LogP contribution in [0.4, 0.5) is 0 Å². The summed E-state index contributed by atoms with van der Waals surface area (Å²) in [5, 5.41) is 21.3. The largest absolute Gasteiger partial charge is 0.478 e. The number of fused-ring (bicyclic) bond motifs is 1. The van der Waals surface area contributed by atoms with E-state index in [-0.39, 0.29) is 5.56 Å². The molecule has 0 bridgehead atoms. The fourth-order valence-corrected chi connectivity index (χ4v) is 2.88. The molecule has 0 aliphatic heterocycles. The molecule has 0 aromatic heterocycles. The molecule has 110 valence electrons. The van der Waals surface area contributed by atoms with Crippen molar-refractivity contribution in [3.8, 4) is 11.1 Å². The zero-order valence-corrected chi connectivity index (χ0v) is 12.2. The molecule has 3 aromatic carbocycles. The average Bonchev–Trinajstić information content (AvgIpc) is 2.53. The van der Waals surface area contributed by atoms with E-state index >= 15 is 0 Å². The number of aromatic carboxylic acids is 1. The molecule has 3 aromatic rings. The second kappa shape index (κ2) is 5.62. The Balaban J connectivity index is 2.44. The first-order valence-electron chi connectivity index (χ1n) is 7.12. The first-order chi connectivity index (χ1) is 10.6. The highest BCUT2D eigenvalue weighted by Crippen LogP contribution is 2.35. The Hall–Kier alpha value is -2.65. The van der Waals surface area contributed by atoms with Gasteiger partial charge in [-0.15, -0.1) is 0 Å². The molecule has 0 aliphatic carbocycles. The van der Waals surface area contributed by atoms with Crippen molar-refractivity contribution in [2.75, 3.05) is 0 Å². The summed E-state index contributed by atoms with van der Waals surface area (Å²) < 4.78 is 0. The van der Waals surface area contributed by atoms with Crippen molar-refractivity contribution in [1.82, 2.24) is 0 Å². The normalized spacial score (nSPS) is 12.3. The Labute approximate surface area is 128 Å². The first kappa shape index (κ1) is 14.3. The van der Waals surface area contributed by atoms with Gasteiger partial charge in [-0.3, -0.25) is 0 Å². The number of hydrogen-bond acceptors (Lipinski definition) is 2. The molecule has 3 nitrogen and oxygen atoms in total. The highest BCUT2D eigenvalue weighted by Gasteiger charge is 2.20. The van der Waals surface area contributed by atoms with Gasteiger partial charge in [0.05, 0.1) is 11.7 Å². The maximum absolute atomic E-state index is 11.6. The molecule has 1 unspecified atom stereocenters. The highest BCUT2D eigenvalue weighted by atomic mass is 16.4. The zero-order chi connectivity index (χ0) is 15.7. The van der Waals surface area contributed by atoms with Crippen LogP contribution in [0.1, 0.15) is 28.9 Å². The van der Waals surface area contributed by atoms with E-state index < -0.39 is 12.1 Å². The van der Waals surface area contributed by atoms with Crippen molar-refractivity contribution in [2.45, 2.75) is 13.0 Å². The molecule has 2 N–H and O–H groups in total. The summed E-state index contributed by atoms with van der Waals surface area (Å²) in [6.45, 7) is 1.59. The molecule has 0 radical (unpaired) electrons. The SMILES string of the molecule is CC(O)c1c(C(=O)O)cc(-c2ccccc2)c2ccccc12. The number of benzene rings is 3. The Bertz CT molecular complexity index is 836. The second-order valence-corrected chi connectivity index (χ2v) is 5.28. The first-order valence-corrected chi connectivity index (χ1v) is 7.12. The van der Waals surface area contributed by atoms with Gasteiger partial charge in [0.15, 0.2) is 0 Å². The number of aliphatic hydroxyl groups excluding tert-OH is 1. The smallest absolute Gasteiger partial charge is 0.336 e. The Morgan fingerprint density at radius 2 is 1.55 bits per heavy atom. The van der Waals surface area contributed by atoms with Gasteiger partial charge in [-0.05, 0) is 34.9 Å². The van der Waals surface area contributed by atoms with E-state index in [2.05, 4.69) is 0 Å². The minimum absolute atomic E-state index is 0.146. The topological polar surface area (TPSA) is 57.5 Å². The molecule has 0 amide bonds. The lowest BCUT2D eigenvalue weighted by molar-refractivity contribution is 0.0690. The standard InChI is InChI=1S/C19H16O3/c1-12(20)18-15-10-6-5-9-14(15)16(11-17(18)19(21)22)13-7-3-2-4-8-13/h2-12,20H,1H3,(H,21,22). The van der Waals surface area contributed by atoms with Gasteiger partial charge in [-0.1, -0.05) is 54.6 Å². The van der Waals surface area contributed by atoms with Crippen LogP contribution in [-0.4, -0.2) is 16.2 Å². The van der Waals surface area contributed by atoms with E-state index in [1.54, 1.807) is 13.0 Å². The molecule has 0 saturated heterocycles. The minimum Gasteiger partial charge on any atom is -0.478 e. The number of carboxylic acids is 1. The molecule has 1 atom stereocenters. The predicted octanol–water partition coefficient (Wildman–Crippen LogP) is 4.26. The van der Waals surface area contributed by atoms with Crippen molar-refractivity contribution in [3.05, 3.63) is 71.8 Å². The van der Waals surface area contributed by atoms with Crippen LogP contribution in [0.25, 0.3) is 21.9 Å². The van der Waals surface area contributed by atoms with Crippen LogP contribution >= 0.6 is 0 Å². The number of hydrogen-bond donors (Lipinski definition) is 2. The van der Waals surface area contributed by atoms with Crippen molar-refractivity contribution in [2.24, 2.45) is 0 Å². The zero-order valence-electron chi connectivity index (χ0n) is 12.2. The maximum Gasteiger partial charge on any atom is 0.336 e. The summed E-state index contributed by atoms with van der Waals surface area (Å²) in [6.07, 6.45) is -0.846. The predicted molar refractivity (Wildman–Crippen MR) is 87.0 cm³/mol. The van der Waals surface area contributed by atoms with Crippen LogP contribution in [-0.2, 0) is 0 Å². The number of carbonyl (C=O) groups is 1. The van der Waals surface area contributed by atoms with Crippen LogP contribution in [0.2, 0.25) is 0 Å². The third-order valence-corrected chi connectivity index (χ3v) is 3.82. The summed E-state index contributed by atoms with van der Waals surface area (Å²) in [6, 6.07) is 18.9. The molecule has 0 aliphatic rings. The Kier molecular flexibility index (Phi) is 3.65. The molecule has 0 fully saturated rings. The summed E-state index contributed by atoms with van der Waals surface area (Å²) in [5.74, 6) is -1.03. The summed E-state index contributed by atoms with van der Waals surface area (Å²) in [7, 11) is 0. The fraction of sp³-hybridized carbons (Fsp3) is 0.105. The lowest BCUT2D eigenvalue weighted by Gasteiger charge is -2.16. The van der Waals surface area contributed by atoms with E-state index in [1.807, 2.05) is 54.6 Å². The van der Waals surface area contributed by atoms with Gasteiger partial charge >= 0.3 is 5.97 Å². The maximum atomic E-state index is 11.6. The number of aliphatic hydroxyl groups is 1. The van der Waals surface area contributed by atoms with E-state index in [1.165, 1.54) is 0 Å². The lowest BCUT2D eigenvalue weighted by atomic mass is 9.89. The van der Waals surface area contributed by atoms with Crippen molar-refractivity contribution < 1.29 is 15.0 Å². The Morgan fingerprint density at radius 3 is 2.14 bits per heavy atom. The average molecular weight is 292 g/mol. The van der Waals surface area contributed by atoms with Crippen LogP contribution in [0.5, 0.6) is 0 Å². The van der Waals surface area contributed by atoms with Crippen LogP contribution in [0.15, 0.2) is 60.7 Å². The van der Waals surface area contributed by atoms with Crippen molar-refractivity contribution in [3.63, 3.8) is 0 Å². The number of carboxylic acid groups (broad SMARTS) is 1. The van der Waals surface area contributed by atoms with Crippen LogP contribution in [0.3, 0.4) is 0 Å². The van der Waals surface area contributed by atoms with Gasteiger partial charge in [0.1, 0.15) is 0 Å². The van der Waals surface area contributed by atoms with Gasteiger partial charge in [-0.25, -0.2) is 4.79 Å². The summed E-state index contributed by atoms with van der Waals surface area (Å²) in [4.78, 5) is 11.6. The molecule has 0 heterocycles. The van der Waals surface area contributed by atoms with Gasteiger partial charge in [0.2, 0.25) is 0 Å². The minimum atomic E-state index is -1.03.